The standard InChI is InChI=1S/C14H29N3O4S2/c1-5-23(19,20)12-10-22-7-6-17(12)11(8-15)9-16-13(18)21-14(2,3)4/h11-12H,5-10,15H2,1-4H3,(H,16,18). The number of rotatable bonds is 6. The first kappa shape index (κ1) is 20.5. The maximum atomic E-state index is 12.3. The summed E-state index contributed by atoms with van der Waals surface area (Å²) in [7, 11) is -3.19. The second kappa shape index (κ2) is 8.55. The van der Waals surface area contributed by atoms with Crippen LogP contribution >= 0.6 is 11.8 Å². The van der Waals surface area contributed by atoms with Crippen LogP contribution in [0.1, 0.15) is 27.7 Å². The molecule has 0 aromatic rings. The van der Waals surface area contributed by atoms with Crippen LogP contribution in [0.2, 0.25) is 0 Å². The molecule has 1 aliphatic rings. The van der Waals surface area contributed by atoms with Gasteiger partial charge in [0.25, 0.3) is 0 Å². The molecule has 136 valence electrons. The zero-order valence-corrected chi connectivity index (χ0v) is 16.0. The van der Waals surface area contributed by atoms with Gasteiger partial charge in [0.15, 0.2) is 9.84 Å². The van der Waals surface area contributed by atoms with Gasteiger partial charge in [0, 0.05) is 42.9 Å². The minimum atomic E-state index is -3.19. The Morgan fingerprint density at radius 1 is 1.48 bits per heavy atom. The number of carbonyl (C=O) groups is 1. The van der Waals surface area contributed by atoms with Crippen molar-refractivity contribution < 1.29 is 17.9 Å². The Labute approximate surface area is 143 Å². The molecule has 0 spiro atoms. The molecule has 1 fully saturated rings. The van der Waals surface area contributed by atoms with Gasteiger partial charge >= 0.3 is 6.09 Å². The van der Waals surface area contributed by atoms with Crippen LogP contribution in [0.3, 0.4) is 0 Å². The Balaban J connectivity index is 2.72. The zero-order valence-electron chi connectivity index (χ0n) is 14.4. The third kappa shape index (κ3) is 6.48. The summed E-state index contributed by atoms with van der Waals surface area (Å²) in [6, 6.07) is -0.227. The van der Waals surface area contributed by atoms with E-state index in [-0.39, 0.29) is 24.9 Å². The van der Waals surface area contributed by atoms with Crippen molar-refractivity contribution in [1.82, 2.24) is 10.2 Å². The molecule has 3 N–H and O–H groups in total. The summed E-state index contributed by atoms with van der Waals surface area (Å²) < 4.78 is 29.8. The van der Waals surface area contributed by atoms with Gasteiger partial charge in [-0.15, -0.1) is 0 Å². The number of amides is 1. The fraction of sp³-hybridized carbons (Fsp3) is 0.929. The van der Waals surface area contributed by atoms with Crippen LogP contribution in [-0.2, 0) is 14.6 Å². The maximum Gasteiger partial charge on any atom is 0.407 e. The molecule has 23 heavy (non-hydrogen) atoms. The number of hydrogen-bond acceptors (Lipinski definition) is 7. The Kier molecular flexibility index (Phi) is 7.63. The fourth-order valence-corrected chi connectivity index (χ4v) is 5.46. The molecule has 1 rings (SSSR count). The smallest absolute Gasteiger partial charge is 0.407 e. The molecule has 0 saturated carbocycles. The van der Waals surface area contributed by atoms with E-state index in [1.807, 2.05) is 4.90 Å². The SMILES string of the molecule is CCS(=O)(=O)C1CSCCN1C(CN)CNC(=O)OC(C)(C)C. The van der Waals surface area contributed by atoms with E-state index in [4.69, 9.17) is 10.5 Å². The molecule has 1 heterocycles. The largest absolute Gasteiger partial charge is 0.444 e. The molecule has 0 aromatic carbocycles. The van der Waals surface area contributed by atoms with Crippen molar-refractivity contribution in [2.75, 3.05) is 36.9 Å². The first-order chi connectivity index (χ1) is 10.6. The number of nitrogens with one attached hydrogen (secondary N) is 1. The molecule has 7 nitrogen and oxygen atoms in total. The Hall–Kier alpha value is -0.510. The molecule has 9 heteroatoms. The van der Waals surface area contributed by atoms with E-state index in [9.17, 15) is 13.2 Å². The van der Waals surface area contributed by atoms with E-state index >= 15 is 0 Å². The third-order valence-corrected chi connectivity index (χ3v) is 6.87. The van der Waals surface area contributed by atoms with Crippen LogP contribution in [-0.4, -0.2) is 73.3 Å². The van der Waals surface area contributed by atoms with Crippen molar-refractivity contribution in [3.8, 4) is 0 Å². The number of ether oxygens (including phenoxy) is 1. The molecular weight excluding hydrogens is 338 g/mol. The Bertz CT molecular complexity index is 491. The molecule has 1 aliphatic heterocycles. The highest BCUT2D eigenvalue weighted by atomic mass is 32.2. The third-order valence-electron chi connectivity index (χ3n) is 3.56. The Morgan fingerprint density at radius 2 is 2.13 bits per heavy atom. The number of nitrogens with zero attached hydrogens (tertiary/aromatic N) is 1. The van der Waals surface area contributed by atoms with Gasteiger partial charge in [-0.05, 0) is 20.8 Å². The number of hydrogen-bond donors (Lipinski definition) is 2. The van der Waals surface area contributed by atoms with Crippen LogP contribution in [0.5, 0.6) is 0 Å². The van der Waals surface area contributed by atoms with E-state index in [1.54, 1.807) is 39.5 Å². The van der Waals surface area contributed by atoms with Crippen LogP contribution in [0.4, 0.5) is 4.79 Å². The average molecular weight is 368 g/mol. The highest BCUT2D eigenvalue weighted by Gasteiger charge is 2.36. The van der Waals surface area contributed by atoms with E-state index in [2.05, 4.69) is 5.32 Å². The van der Waals surface area contributed by atoms with E-state index < -0.39 is 26.9 Å². The first-order valence-corrected chi connectivity index (χ1v) is 10.7. The molecule has 1 amide bonds. The van der Waals surface area contributed by atoms with Crippen molar-refractivity contribution in [3.63, 3.8) is 0 Å². The van der Waals surface area contributed by atoms with Gasteiger partial charge in [0.1, 0.15) is 11.0 Å². The average Bonchev–Trinajstić information content (AvgIpc) is 2.46. The predicted molar refractivity (Wildman–Crippen MR) is 94.4 cm³/mol. The van der Waals surface area contributed by atoms with Crippen LogP contribution in [0.15, 0.2) is 0 Å². The molecule has 0 aromatic heterocycles. The monoisotopic (exact) mass is 367 g/mol. The van der Waals surface area contributed by atoms with Crippen molar-refractivity contribution in [1.29, 1.82) is 0 Å². The first-order valence-electron chi connectivity index (χ1n) is 7.82. The molecule has 0 aliphatic carbocycles. The van der Waals surface area contributed by atoms with Gasteiger partial charge in [-0.2, -0.15) is 11.8 Å². The summed E-state index contributed by atoms with van der Waals surface area (Å²) >= 11 is 1.64. The molecule has 2 atom stereocenters. The molecular formula is C14H29N3O4S2. The van der Waals surface area contributed by atoms with Gasteiger partial charge in [0.05, 0.1) is 0 Å². The molecule has 1 saturated heterocycles. The quantitative estimate of drug-likeness (QED) is 0.710. The lowest BCUT2D eigenvalue weighted by Gasteiger charge is -2.39. The molecule has 2 unspecified atom stereocenters. The van der Waals surface area contributed by atoms with Crippen molar-refractivity contribution >= 4 is 27.7 Å². The summed E-state index contributed by atoms with van der Waals surface area (Å²) in [4.78, 5) is 13.7. The van der Waals surface area contributed by atoms with Crippen LogP contribution in [0, 0.1) is 0 Å². The van der Waals surface area contributed by atoms with E-state index in [1.165, 1.54) is 0 Å². The molecule has 0 bridgehead atoms. The zero-order chi connectivity index (χ0) is 17.7. The minimum Gasteiger partial charge on any atom is -0.444 e. The maximum absolute atomic E-state index is 12.3. The highest BCUT2D eigenvalue weighted by molar-refractivity contribution is 8.01. The predicted octanol–water partition coefficient (Wildman–Crippen LogP) is 0.648. The lowest BCUT2D eigenvalue weighted by molar-refractivity contribution is 0.0507. The second-order valence-corrected chi connectivity index (χ2v) is 10.1. The summed E-state index contributed by atoms with van der Waals surface area (Å²) in [6.07, 6.45) is -0.516. The van der Waals surface area contributed by atoms with Gasteiger partial charge in [-0.1, -0.05) is 6.92 Å². The van der Waals surface area contributed by atoms with Crippen LogP contribution < -0.4 is 11.1 Å². The van der Waals surface area contributed by atoms with Gasteiger partial charge in [-0.3, -0.25) is 4.90 Å². The van der Waals surface area contributed by atoms with Crippen LogP contribution in [0.25, 0.3) is 0 Å². The minimum absolute atomic E-state index is 0.103. The number of carbonyl (C=O) groups excluding carboxylic acids is 1. The second-order valence-electron chi connectivity index (χ2n) is 6.49. The summed E-state index contributed by atoms with van der Waals surface area (Å²) in [5.41, 5.74) is 5.26. The van der Waals surface area contributed by atoms with Gasteiger partial charge < -0.3 is 15.8 Å². The summed E-state index contributed by atoms with van der Waals surface area (Å²) in [6.45, 7) is 8.22. The van der Waals surface area contributed by atoms with Crippen molar-refractivity contribution in [2.24, 2.45) is 5.73 Å². The van der Waals surface area contributed by atoms with E-state index in [0.29, 0.717) is 12.3 Å². The summed E-state index contributed by atoms with van der Waals surface area (Å²) in [5, 5.41) is 2.15. The fourth-order valence-electron chi connectivity index (χ4n) is 2.37. The van der Waals surface area contributed by atoms with Gasteiger partial charge in [-0.25, -0.2) is 13.2 Å². The van der Waals surface area contributed by atoms with Gasteiger partial charge in [0.2, 0.25) is 0 Å². The molecule has 0 radical (unpaired) electrons. The number of alkyl carbamates (subject to hydrolysis) is 1. The number of nitrogens with two attached hydrogens (primary N) is 1. The lowest BCUT2D eigenvalue weighted by atomic mass is 10.2. The van der Waals surface area contributed by atoms with Crippen molar-refractivity contribution in [3.05, 3.63) is 0 Å². The Morgan fingerprint density at radius 3 is 2.65 bits per heavy atom. The topological polar surface area (TPSA) is 102 Å². The normalized spacial score (nSPS) is 21.7. The lowest BCUT2D eigenvalue weighted by Crippen LogP contribution is -2.58. The van der Waals surface area contributed by atoms with E-state index in [0.717, 1.165) is 5.75 Å². The van der Waals surface area contributed by atoms with Crippen molar-refractivity contribution in [2.45, 2.75) is 44.7 Å². The highest BCUT2D eigenvalue weighted by Crippen LogP contribution is 2.23. The number of sulfone groups is 1. The number of thioether (sulfide) groups is 1. The summed E-state index contributed by atoms with van der Waals surface area (Å²) in [5.74, 6) is 1.50.